The number of nitrogens with one attached hydrogen (secondary N) is 1. The molecule has 1 aromatic carbocycles. The Bertz CT molecular complexity index is 701. The van der Waals surface area contributed by atoms with Gasteiger partial charge in [0, 0.05) is 24.6 Å². The van der Waals surface area contributed by atoms with Crippen molar-refractivity contribution in [3.8, 4) is 0 Å². The minimum Gasteiger partial charge on any atom is -0.396 e. The van der Waals surface area contributed by atoms with Gasteiger partial charge in [0.15, 0.2) is 5.13 Å². The second kappa shape index (κ2) is 7.88. The highest BCUT2D eigenvalue weighted by Gasteiger charge is 2.28. The van der Waals surface area contributed by atoms with Crippen LogP contribution in [-0.4, -0.2) is 40.6 Å². The number of hydrogen-bond donors (Lipinski definition) is 2. The summed E-state index contributed by atoms with van der Waals surface area (Å²) in [5.41, 5.74) is 3.60. The molecule has 5 nitrogen and oxygen atoms in total. The van der Waals surface area contributed by atoms with Crippen molar-refractivity contribution in [3.63, 3.8) is 0 Å². The molecule has 0 saturated carbocycles. The molecule has 6 heteroatoms. The molecule has 1 atom stereocenters. The minimum atomic E-state index is -0.0494. The van der Waals surface area contributed by atoms with Crippen molar-refractivity contribution in [1.29, 1.82) is 0 Å². The summed E-state index contributed by atoms with van der Waals surface area (Å²) in [6, 6.07) is 8.69. The maximum Gasteiger partial charge on any atom is 0.240 e. The molecule has 0 bridgehead atoms. The summed E-state index contributed by atoms with van der Waals surface area (Å²) < 4.78 is 0. The van der Waals surface area contributed by atoms with Gasteiger partial charge in [-0.05, 0) is 37.3 Å². The van der Waals surface area contributed by atoms with Crippen LogP contribution in [-0.2, 0) is 11.2 Å². The number of carbonyl (C=O) groups excluding carboxylic acids is 1. The average molecular weight is 345 g/mol. The molecule has 0 radical (unpaired) electrons. The Morgan fingerprint density at radius 2 is 2.29 bits per heavy atom. The van der Waals surface area contributed by atoms with E-state index < -0.39 is 0 Å². The smallest absolute Gasteiger partial charge is 0.240 e. The highest BCUT2D eigenvalue weighted by molar-refractivity contribution is 7.13. The molecule has 0 spiro atoms. The molecular formula is C18H23N3O2S. The Labute approximate surface area is 146 Å². The van der Waals surface area contributed by atoms with Crippen LogP contribution in [0.3, 0.4) is 0 Å². The normalized spacial score (nSPS) is 16.4. The van der Waals surface area contributed by atoms with Crippen molar-refractivity contribution in [2.45, 2.75) is 32.2 Å². The van der Waals surface area contributed by atoms with Crippen LogP contribution in [0.15, 0.2) is 29.6 Å². The number of fused-ring (bicyclic) bond motifs is 1. The van der Waals surface area contributed by atoms with Gasteiger partial charge in [-0.25, -0.2) is 4.98 Å². The standard InChI is InChI=1S/C18H23N3O2S/c1-13-12-24-18(19-13)20-17(23)11-21(9-4-10-22)16-8-7-14-5-2-3-6-15(14)16/h2-3,5-6,12,16,22H,4,7-11H2,1H3,(H,19,20,23)/t16-/m0/s1. The minimum absolute atomic E-state index is 0.0494. The van der Waals surface area contributed by atoms with Crippen molar-refractivity contribution in [2.24, 2.45) is 0 Å². The number of amides is 1. The van der Waals surface area contributed by atoms with E-state index in [1.165, 1.54) is 22.5 Å². The lowest BCUT2D eigenvalue weighted by molar-refractivity contribution is -0.118. The average Bonchev–Trinajstić information content (AvgIpc) is 3.17. The lowest BCUT2D eigenvalue weighted by Gasteiger charge is -2.28. The van der Waals surface area contributed by atoms with Crippen LogP contribution < -0.4 is 5.32 Å². The first kappa shape index (κ1) is 17.1. The third-order valence-corrected chi connectivity index (χ3v) is 5.23. The van der Waals surface area contributed by atoms with Crippen molar-refractivity contribution in [1.82, 2.24) is 9.88 Å². The van der Waals surface area contributed by atoms with Gasteiger partial charge in [-0.2, -0.15) is 0 Å². The first-order valence-electron chi connectivity index (χ1n) is 8.32. The van der Waals surface area contributed by atoms with Gasteiger partial charge in [-0.3, -0.25) is 9.69 Å². The van der Waals surface area contributed by atoms with Crippen LogP contribution in [0.2, 0.25) is 0 Å². The largest absolute Gasteiger partial charge is 0.396 e. The zero-order chi connectivity index (χ0) is 16.9. The Morgan fingerprint density at radius 3 is 3.04 bits per heavy atom. The molecule has 1 aliphatic carbocycles. The molecule has 0 aliphatic heterocycles. The molecule has 1 aromatic heterocycles. The zero-order valence-electron chi connectivity index (χ0n) is 13.9. The van der Waals surface area contributed by atoms with Gasteiger partial charge in [0.05, 0.1) is 12.2 Å². The van der Waals surface area contributed by atoms with Crippen molar-refractivity contribution < 1.29 is 9.90 Å². The number of thiazole rings is 1. The van der Waals surface area contributed by atoms with Crippen molar-refractivity contribution in [2.75, 3.05) is 25.0 Å². The van der Waals surface area contributed by atoms with Gasteiger partial charge in [0.2, 0.25) is 5.91 Å². The number of aryl methyl sites for hydroxylation is 2. The summed E-state index contributed by atoms with van der Waals surface area (Å²) in [5, 5.41) is 14.6. The predicted octanol–water partition coefficient (Wildman–Crippen LogP) is 2.76. The van der Waals surface area contributed by atoms with Gasteiger partial charge < -0.3 is 10.4 Å². The van der Waals surface area contributed by atoms with Gasteiger partial charge in [-0.15, -0.1) is 11.3 Å². The molecular weight excluding hydrogens is 322 g/mol. The molecule has 0 fully saturated rings. The lowest BCUT2D eigenvalue weighted by atomic mass is 10.1. The van der Waals surface area contributed by atoms with Crippen LogP contribution in [0, 0.1) is 6.92 Å². The van der Waals surface area contributed by atoms with E-state index in [1.54, 1.807) is 0 Å². The number of aliphatic hydroxyl groups is 1. The van der Waals surface area contributed by atoms with Crippen LogP contribution in [0.1, 0.15) is 35.7 Å². The first-order chi connectivity index (χ1) is 11.7. The summed E-state index contributed by atoms with van der Waals surface area (Å²) in [7, 11) is 0. The molecule has 1 heterocycles. The zero-order valence-corrected chi connectivity index (χ0v) is 14.7. The van der Waals surface area contributed by atoms with E-state index >= 15 is 0 Å². The highest BCUT2D eigenvalue weighted by atomic mass is 32.1. The molecule has 0 saturated heterocycles. The van der Waals surface area contributed by atoms with Crippen LogP contribution in [0.25, 0.3) is 0 Å². The maximum absolute atomic E-state index is 12.4. The SMILES string of the molecule is Cc1csc(NC(=O)CN(CCCO)[C@H]2CCc3ccccc32)n1. The Morgan fingerprint density at radius 1 is 1.46 bits per heavy atom. The number of carbonyl (C=O) groups is 1. The summed E-state index contributed by atoms with van der Waals surface area (Å²) in [5.74, 6) is -0.0494. The molecule has 3 rings (SSSR count). The van der Waals surface area contributed by atoms with Crippen LogP contribution in [0.4, 0.5) is 5.13 Å². The van der Waals surface area contributed by atoms with E-state index in [2.05, 4.69) is 39.5 Å². The molecule has 1 amide bonds. The molecule has 2 aromatic rings. The number of anilines is 1. The molecule has 24 heavy (non-hydrogen) atoms. The monoisotopic (exact) mass is 345 g/mol. The molecule has 0 unspecified atom stereocenters. The van der Waals surface area contributed by atoms with Crippen LogP contribution >= 0.6 is 11.3 Å². The van der Waals surface area contributed by atoms with E-state index in [0.29, 0.717) is 24.6 Å². The summed E-state index contributed by atoms with van der Waals surface area (Å²) in [6.45, 7) is 3.07. The Balaban J connectivity index is 1.69. The first-order valence-corrected chi connectivity index (χ1v) is 9.20. The van der Waals surface area contributed by atoms with E-state index in [9.17, 15) is 9.90 Å². The van der Waals surface area contributed by atoms with E-state index in [1.807, 2.05) is 12.3 Å². The number of rotatable bonds is 7. The number of benzene rings is 1. The van der Waals surface area contributed by atoms with E-state index in [4.69, 9.17) is 0 Å². The second-order valence-electron chi connectivity index (χ2n) is 6.14. The number of nitrogens with zero attached hydrogens (tertiary/aromatic N) is 2. The maximum atomic E-state index is 12.4. The molecule has 2 N–H and O–H groups in total. The summed E-state index contributed by atoms with van der Waals surface area (Å²) in [4.78, 5) is 18.9. The summed E-state index contributed by atoms with van der Waals surface area (Å²) in [6.07, 6.45) is 2.74. The van der Waals surface area contributed by atoms with E-state index in [0.717, 1.165) is 18.5 Å². The highest BCUT2D eigenvalue weighted by Crippen LogP contribution is 2.35. The number of aliphatic hydroxyl groups excluding tert-OH is 1. The third-order valence-electron chi connectivity index (χ3n) is 4.36. The number of hydrogen-bond acceptors (Lipinski definition) is 5. The topological polar surface area (TPSA) is 65.5 Å². The number of aromatic nitrogens is 1. The van der Waals surface area contributed by atoms with Crippen LogP contribution in [0.5, 0.6) is 0 Å². The summed E-state index contributed by atoms with van der Waals surface area (Å²) >= 11 is 1.44. The van der Waals surface area contributed by atoms with Gasteiger partial charge in [0.1, 0.15) is 0 Å². The Hall–Kier alpha value is -1.76. The second-order valence-corrected chi connectivity index (χ2v) is 7.00. The molecule has 1 aliphatic rings. The molecule has 128 valence electrons. The fraction of sp³-hybridized carbons (Fsp3) is 0.444. The van der Waals surface area contributed by atoms with Gasteiger partial charge >= 0.3 is 0 Å². The van der Waals surface area contributed by atoms with Gasteiger partial charge in [0.25, 0.3) is 0 Å². The quantitative estimate of drug-likeness (QED) is 0.810. The van der Waals surface area contributed by atoms with Gasteiger partial charge in [-0.1, -0.05) is 24.3 Å². The van der Waals surface area contributed by atoms with E-state index in [-0.39, 0.29) is 18.6 Å². The van der Waals surface area contributed by atoms with Crippen molar-refractivity contribution in [3.05, 3.63) is 46.5 Å². The van der Waals surface area contributed by atoms with Crippen molar-refractivity contribution >= 4 is 22.4 Å². The fourth-order valence-electron chi connectivity index (χ4n) is 3.29. The third kappa shape index (κ3) is 4.01. The Kier molecular flexibility index (Phi) is 5.60. The predicted molar refractivity (Wildman–Crippen MR) is 96.3 cm³/mol. The lowest BCUT2D eigenvalue weighted by Crippen LogP contribution is -2.36. The fourth-order valence-corrected chi connectivity index (χ4v) is 3.99.